The summed E-state index contributed by atoms with van der Waals surface area (Å²) in [5.74, 6) is -0.780. The van der Waals surface area contributed by atoms with Gasteiger partial charge >= 0.3 is 0 Å². The van der Waals surface area contributed by atoms with Gasteiger partial charge in [0.1, 0.15) is 11.9 Å². The smallest absolute Gasteiger partial charge is 0.278 e. The maximum Gasteiger partial charge on any atom is 0.278 e. The summed E-state index contributed by atoms with van der Waals surface area (Å²) >= 11 is 5.91. The highest BCUT2D eigenvalue weighted by Crippen LogP contribution is 2.28. The first-order valence-electron chi connectivity index (χ1n) is 7.96. The highest BCUT2D eigenvalue weighted by atomic mass is 35.5. The van der Waals surface area contributed by atoms with E-state index in [1.54, 1.807) is 16.8 Å². The van der Waals surface area contributed by atoms with E-state index in [9.17, 15) is 9.18 Å². The fraction of sp³-hybridized carbons (Fsp3) is 0.167. The van der Waals surface area contributed by atoms with Crippen LogP contribution < -0.4 is 5.32 Å². The minimum absolute atomic E-state index is 0.186. The Morgan fingerprint density at radius 2 is 1.92 bits per heavy atom. The Bertz CT molecular complexity index is 941. The predicted molar refractivity (Wildman–Crippen MR) is 93.4 cm³/mol. The summed E-state index contributed by atoms with van der Waals surface area (Å²) in [6, 6.07) is 12.9. The zero-order chi connectivity index (χ0) is 18.1. The Labute approximate surface area is 153 Å². The van der Waals surface area contributed by atoms with E-state index in [1.165, 1.54) is 24.3 Å². The fourth-order valence-corrected chi connectivity index (χ4v) is 2.92. The molecule has 4 rings (SSSR count). The van der Waals surface area contributed by atoms with Crippen LogP contribution in [-0.2, 0) is 17.9 Å². The number of amides is 1. The van der Waals surface area contributed by atoms with Gasteiger partial charge in [-0.25, -0.2) is 9.07 Å². The van der Waals surface area contributed by atoms with Gasteiger partial charge < -0.3 is 10.1 Å². The topological polar surface area (TPSA) is 69.0 Å². The minimum atomic E-state index is -0.411. The molecule has 1 aliphatic heterocycles. The molecule has 6 nitrogen and oxygen atoms in total. The first kappa shape index (κ1) is 16.7. The van der Waals surface area contributed by atoms with Crippen LogP contribution in [0, 0.1) is 5.82 Å². The average Bonchev–Trinajstić information content (AvgIpc) is 3.07. The van der Waals surface area contributed by atoms with Crippen molar-refractivity contribution in [1.29, 1.82) is 0 Å². The lowest BCUT2D eigenvalue weighted by Gasteiger charge is -2.24. The second kappa shape index (κ2) is 6.86. The van der Waals surface area contributed by atoms with E-state index in [0.29, 0.717) is 22.9 Å². The molecule has 26 heavy (non-hydrogen) atoms. The SMILES string of the molecule is O=C(Nc1ccc(F)cc1)c1nnn2c1CO[C@H](c1ccc(Cl)cc1)C2. The number of aromatic nitrogens is 3. The van der Waals surface area contributed by atoms with Gasteiger partial charge in [-0.1, -0.05) is 28.9 Å². The standard InChI is InChI=1S/C18H14ClFN4O2/c19-12-3-1-11(2-4-12)16-9-24-15(10-26-16)17(22-23-24)18(25)21-14-7-5-13(20)6-8-14/h1-8,16H,9-10H2,(H,21,25)/t16-/m0/s1. The number of carbonyl (C=O) groups is 1. The molecular formula is C18H14ClFN4O2. The number of rotatable bonds is 3. The first-order valence-corrected chi connectivity index (χ1v) is 8.34. The van der Waals surface area contributed by atoms with Crippen LogP contribution in [0.3, 0.4) is 0 Å². The van der Waals surface area contributed by atoms with Crippen LogP contribution in [0.1, 0.15) is 27.8 Å². The molecule has 0 aliphatic carbocycles. The maximum atomic E-state index is 13.0. The molecule has 0 saturated carbocycles. The number of halogens is 2. The van der Waals surface area contributed by atoms with Crippen molar-refractivity contribution in [2.75, 3.05) is 5.32 Å². The Balaban J connectivity index is 1.51. The number of fused-ring (bicyclic) bond motifs is 1. The van der Waals surface area contributed by atoms with E-state index >= 15 is 0 Å². The Morgan fingerprint density at radius 3 is 2.65 bits per heavy atom. The molecule has 2 heterocycles. The van der Waals surface area contributed by atoms with Gasteiger partial charge in [-0.05, 0) is 42.0 Å². The molecule has 0 bridgehead atoms. The van der Waals surface area contributed by atoms with Crippen molar-refractivity contribution < 1.29 is 13.9 Å². The van der Waals surface area contributed by atoms with Crippen LogP contribution in [-0.4, -0.2) is 20.9 Å². The van der Waals surface area contributed by atoms with E-state index in [2.05, 4.69) is 15.6 Å². The quantitative estimate of drug-likeness (QED) is 0.762. The van der Waals surface area contributed by atoms with Crippen molar-refractivity contribution in [2.45, 2.75) is 19.3 Å². The van der Waals surface area contributed by atoms with E-state index in [-0.39, 0.29) is 24.2 Å². The van der Waals surface area contributed by atoms with Gasteiger partial charge in [-0.15, -0.1) is 5.10 Å². The molecule has 132 valence electrons. The third-order valence-electron chi connectivity index (χ3n) is 4.16. The number of nitrogens with one attached hydrogen (secondary N) is 1. The second-order valence-corrected chi connectivity index (χ2v) is 6.32. The predicted octanol–water partition coefficient (Wildman–Crippen LogP) is 3.59. The molecule has 0 saturated heterocycles. The molecule has 1 atom stereocenters. The summed E-state index contributed by atoms with van der Waals surface area (Å²) in [7, 11) is 0. The molecule has 3 aromatic rings. The number of carbonyl (C=O) groups excluding carboxylic acids is 1. The molecule has 8 heteroatoms. The van der Waals surface area contributed by atoms with Gasteiger partial charge in [0, 0.05) is 10.7 Å². The number of benzene rings is 2. The number of hydrogen-bond donors (Lipinski definition) is 1. The van der Waals surface area contributed by atoms with Crippen LogP contribution in [0.25, 0.3) is 0 Å². The summed E-state index contributed by atoms with van der Waals surface area (Å²) in [6.45, 7) is 0.667. The summed E-state index contributed by atoms with van der Waals surface area (Å²) in [4.78, 5) is 12.4. The lowest BCUT2D eigenvalue weighted by molar-refractivity contribution is -0.00171. The Hall–Kier alpha value is -2.77. The second-order valence-electron chi connectivity index (χ2n) is 5.88. The van der Waals surface area contributed by atoms with Crippen molar-refractivity contribution >= 4 is 23.2 Å². The third-order valence-corrected chi connectivity index (χ3v) is 4.41. The van der Waals surface area contributed by atoms with Gasteiger partial charge in [0.15, 0.2) is 5.69 Å². The average molecular weight is 373 g/mol. The molecule has 2 aromatic carbocycles. The molecule has 1 amide bonds. The van der Waals surface area contributed by atoms with Crippen LogP contribution in [0.2, 0.25) is 5.02 Å². The largest absolute Gasteiger partial charge is 0.365 e. The molecule has 1 aliphatic rings. The molecule has 1 aromatic heterocycles. The molecule has 0 spiro atoms. The Morgan fingerprint density at radius 1 is 1.19 bits per heavy atom. The number of hydrogen-bond acceptors (Lipinski definition) is 4. The Kier molecular flexibility index (Phi) is 4.40. The van der Waals surface area contributed by atoms with Crippen molar-refractivity contribution in [1.82, 2.24) is 15.0 Å². The van der Waals surface area contributed by atoms with Gasteiger partial charge in [0.2, 0.25) is 0 Å². The fourth-order valence-electron chi connectivity index (χ4n) is 2.79. The highest BCUT2D eigenvalue weighted by Gasteiger charge is 2.27. The summed E-state index contributed by atoms with van der Waals surface area (Å²) in [5.41, 5.74) is 2.26. The lowest BCUT2D eigenvalue weighted by Crippen LogP contribution is -2.24. The van der Waals surface area contributed by atoms with Gasteiger partial charge in [-0.2, -0.15) is 0 Å². The highest BCUT2D eigenvalue weighted by molar-refractivity contribution is 6.30. The summed E-state index contributed by atoms with van der Waals surface area (Å²) in [6.07, 6.45) is -0.186. The van der Waals surface area contributed by atoms with Gasteiger partial charge in [-0.3, -0.25) is 4.79 Å². The zero-order valence-corrected chi connectivity index (χ0v) is 14.3. The normalized spacial score (nSPS) is 16.2. The van der Waals surface area contributed by atoms with E-state index in [0.717, 1.165) is 5.56 Å². The minimum Gasteiger partial charge on any atom is -0.365 e. The van der Waals surface area contributed by atoms with Crippen LogP contribution >= 0.6 is 11.6 Å². The van der Waals surface area contributed by atoms with Crippen molar-refractivity contribution in [2.24, 2.45) is 0 Å². The van der Waals surface area contributed by atoms with Gasteiger partial charge in [0.25, 0.3) is 5.91 Å². The van der Waals surface area contributed by atoms with E-state index in [1.807, 2.05) is 12.1 Å². The monoisotopic (exact) mass is 372 g/mol. The van der Waals surface area contributed by atoms with Crippen LogP contribution in [0.4, 0.5) is 10.1 Å². The lowest BCUT2D eigenvalue weighted by atomic mass is 10.1. The molecule has 0 radical (unpaired) electrons. The van der Waals surface area contributed by atoms with Crippen molar-refractivity contribution in [3.05, 3.63) is 76.3 Å². The third kappa shape index (κ3) is 3.31. The summed E-state index contributed by atoms with van der Waals surface area (Å²) < 4.78 is 20.5. The maximum absolute atomic E-state index is 13.0. The number of ether oxygens (including phenoxy) is 1. The number of nitrogens with zero attached hydrogens (tertiary/aromatic N) is 3. The van der Waals surface area contributed by atoms with Crippen molar-refractivity contribution in [3.63, 3.8) is 0 Å². The van der Waals surface area contributed by atoms with E-state index < -0.39 is 5.91 Å². The van der Waals surface area contributed by atoms with Crippen molar-refractivity contribution in [3.8, 4) is 0 Å². The molecule has 0 unspecified atom stereocenters. The molecule has 0 fully saturated rings. The van der Waals surface area contributed by atoms with E-state index in [4.69, 9.17) is 16.3 Å². The van der Waals surface area contributed by atoms with Crippen LogP contribution in [0.15, 0.2) is 48.5 Å². The molecule has 1 N–H and O–H groups in total. The first-order chi connectivity index (χ1) is 12.6. The van der Waals surface area contributed by atoms with Crippen LogP contribution in [0.5, 0.6) is 0 Å². The number of anilines is 1. The summed E-state index contributed by atoms with van der Waals surface area (Å²) in [5, 5.41) is 11.4. The molecular weight excluding hydrogens is 359 g/mol. The zero-order valence-electron chi connectivity index (χ0n) is 13.5. The van der Waals surface area contributed by atoms with Gasteiger partial charge in [0.05, 0.1) is 18.8 Å².